The summed E-state index contributed by atoms with van der Waals surface area (Å²) in [5.41, 5.74) is 1.41. The molecule has 5 rings (SSSR count). The molecule has 2 aliphatic rings. The second-order valence-electron chi connectivity index (χ2n) is 12.1. The smallest absolute Gasteiger partial charge is 0.281 e. The lowest BCUT2D eigenvalue weighted by molar-refractivity contribution is 0.0981. The summed E-state index contributed by atoms with van der Waals surface area (Å²) in [7, 11) is -4.25. The SMILES string of the molecule is CC(C)(C)c1ccc2c(n1)N1C[C@@H](CCC(c3ccccn3)Nc3cccc(n3)S(=O)(=O)NC2=O)CC1(C)C. The highest BCUT2D eigenvalue weighted by molar-refractivity contribution is 7.90. The lowest BCUT2D eigenvalue weighted by Gasteiger charge is -2.34. The fraction of sp³-hybridized carbons (Fsp3) is 0.448. The van der Waals surface area contributed by atoms with Gasteiger partial charge in [0.25, 0.3) is 15.9 Å². The molecule has 0 saturated carbocycles. The van der Waals surface area contributed by atoms with Gasteiger partial charge in [-0.2, -0.15) is 8.42 Å². The van der Waals surface area contributed by atoms with E-state index in [1.54, 1.807) is 30.5 Å². The maximum atomic E-state index is 13.5. The van der Waals surface area contributed by atoms with Gasteiger partial charge in [-0.05, 0) is 75.4 Å². The molecular weight excluding hydrogens is 512 g/mol. The van der Waals surface area contributed by atoms with E-state index in [0.717, 1.165) is 30.7 Å². The van der Waals surface area contributed by atoms with Crippen molar-refractivity contribution in [3.63, 3.8) is 0 Å². The third-order valence-corrected chi connectivity index (χ3v) is 8.79. The van der Waals surface area contributed by atoms with E-state index < -0.39 is 15.9 Å². The Bertz CT molecular complexity index is 1480. The highest BCUT2D eigenvalue weighted by Crippen LogP contribution is 2.41. The Hall–Kier alpha value is -3.53. The molecular formula is C29H36N6O3S. The Morgan fingerprint density at radius 3 is 2.51 bits per heavy atom. The molecule has 1 amide bonds. The van der Waals surface area contributed by atoms with Gasteiger partial charge in [0.1, 0.15) is 11.6 Å². The van der Waals surface area contributed by atoms with Crippen molar-refractivity contribution < 1.29 is 13.2 Å². The van der Waals surface area contributed by atoms with E-state index in [-0.39, 0.29) is 27.6 Å². The van der Waals surface area contributed by atoms with Gasteiger partial charge in [-0.25, -0.2) is 14.7 Å². The van der Waals surface area contributed by atoms with Crippen molar-refractivity contribution in [3.05, 3.63) is 71.7 Å². The van der Waals surface area contributed by atoms with Crippen molar-refractivity contribution in [2.75, 3.05) is 16.8 Å². The van der Waals surface area contributed by atoms with Gasteiger partial charge in [0.2, 0.25) is 0 Å². The van der Waals surface area contributed by atoms with Gasteiger partial charge in [0, 0.05) is 29.4 Å². The summed E-state index contributed by atoms with van der Waals surface area (Å²) in [5, 5.41) is 3.16. The van der Waals surface area contributed by atoms with E-state index >= 15 is 0 Å². The molecule has 2 aliphatic heterocycles. The number of carbonyl (C=O) groups is 1. The molecule has 1 unspecified atom stereocenters. The number of rotatable bonds is 1. The minimum atomic E-state index is -4.25. The normalized spacial score (nSPS) is 22.6. The number of carbonyl (C=O) groups excluding carboxylic acids is 1. The standard InChI is InChI=1S/C29H36N6O3S/c1-28(2,3)23-15-13-20-26(32-23)35-18-19(17-29(35,4)5)12-14-22(21-9-6-7-16-30-21)31-24-10-8-11-25(33-24)39(37,38)34-27(20)36/h6-11,13,15-16,19,22H,12,14,17-18H2,1-5H3,(H,31,33)(H,34,36)/t19-,22?/m0/s1. The fourth-order valence-electron chi connectivity index (χ4n) is 5.53. The molecule has 5 heterocycles. The second kappa shape index (κ2) is 9.89. The minimum absolute atomic E-state index is 0.161. The molecule has 206 valence electrons. The first kappa shape index (κ1) is 27.1. The number of sulfonamides is 1. The zero-order valence-electron chi connectivity index (χ0n) is 23.1. The number of hydrogen-bond acceptors (Lipinski definition) is 8. The molecule has 39 heavy (non-hydrogen) atoms. The lowest BCUT2D eigenvalue weighted by atomic mass is 9.90. The van der Waals surface area contributed by atoms with Crippen LogP contribution in [0.4, 0.5) is 11.6 Å². The number of fused-ring (bicyclic) bond motifs is 6. The second-order valence-corrected chi connectivity index (χ2v) is 13.8. The quantitative estimate of drug-likeness (QED) is 0.444. The number of amides is 1. The molecule has 1 saturated heterocycles. The summed E-state index contributed by atoms with van der Waals surface area (Å²) in [6.07, 6.45) is 4.36. The van der Waals surface area contributed by atoms with Gasteiger partial charge < -0.3 is 10.2 Å². The summed E-state index contributed by atoms with van der Waals surface area (Å²) in [5.74, 6) is 0.537. The third kappa shape index (κ3) is 5.61. The van der Waals surface area contributed by atoms with Crippen LogP contribution < -0.4 is 14.9 Å². The zero-order chi connectivity index (χ0) is 28.0. The van der Waals surface area contributed by atoms with E-state index in [0.29, 0.717) is 24.1 Å². The fourth-order valence-corrected chi connectivity index (χ4v) is 6.47. The highest BCUT2D eigenvalue weighted by Gasteiger charge is 2.41. The number of nitrogens with one attached hydrogen (secondary N) is 2. The maximum absolute atomic E-state index is 13.5. The van der Waals surface area contributed by atoms with E-state index in [9.17, 15) is 13.2 Å². The van der Waals surface area contributed by atoms with Crippen LogP contribution in [0.1, 0.15) is 81.7 Å². The first-order valence-corrected chi connectivity index (χ1v) is 14.8. The van der Waals surface area contributed by atoms with Crippen LogP contribution in [0.15, 0.2) is 59.8 Å². The van der Waals surface area contributed by atoms with E-state index in [2.05, 4.69) is 59.5 Å². The predicted molar refractivity (Wildman–Crippen MR) is 151 cm³/mol. The molecule has 1 fully saturated rings. The van der Waals surface area contributed by atoms with Gasteiger partial charge in [-0.3, -0.25) is 9.78 Å². The first-order chi connectivity index (χ1) is 18.3. The van der Waals surface area contributed by atoms with Crippen molar-refractivity contribution in [3.8, 4) is 0 Å². The Morgan fingerprint density at radius 1 is 1.00 bits per heavy atom. The van der Waals surface area contributed by atoms with Gasteiger partial charge in [-0.1, -0.05) is 32.9 Å². The van der Waals surface area contributed by atoms with Gasteiger partial charge in [-0.15, -0.1) is 0 Å². The molecule has 10 heteroatoms. The van der Waals surface area contributed by atoms with E-state index in [1.165, 1.54) is 6.07 Å². The van der Waals surface area contributed by atoms with Crippen LogP contribution in [0.25, 0.3) is 0 Å². The van der Waals surface area contributed by atoms with Crippen molar-refractivity contribution in [2.45, 2.75) is 75.9 Å². The largest absolute Gasteiger partial charge is 0.362 e. The Balaban J connectivity index is 1.63. The monoisotopic (exact) mass is 548 g/mol. The molecule has 0 aromatic carbocycles. The van der Waals surface area contributed by atoms with E-state index in [4.69, 9.17) is 4.98 Å². The molecule has 0 spiro atoms. The molecule has 3 aromatic rings. The average Bonchev–Trinajstić information content (AvgIpc) is 3.19. The van der Waals surface area contributed by atoms with Crippen LogP contribution in [0.3, 0.4) is 0 Å². The van der Waals surface area contributed by atoms with E-state index in [1.807, 2.05) is 18.2 Å². The van der Waals surface area contributed by atoms with Crippen molar-refractivity contribution >= 4 is 27.6 Å². The molecule has 2 N–H and O–H groups in total. The van der Waals surface area contributed by atoms with Crippen LogP contribution in [-0.4, -0.2) is 41.4 Å². The maximum Gasteiger partial charge on any atom is 0.281 e. The van der Waals surface area contributed by atoms with Crippen LogP contribution in [-0.2, 0) is 15.4 Å². The molecule has 4 bridgehead atoms. The molecule has 0 radical (unpaired) electrons. The Morgan fingerprint density at radius 2 is 1.79 bits per heavy atom. The minimum Gasteiger partial charge on any atom is -0.362 e. The summed E-state index contributed by atoms with van der Waals surface area (Å²) in [6, 6.07) is 13.8. The van der Waals surface area contributed by atoms with Gasteiger partial charge in [0.15, 0.2) is 5.03 Å². The summed E-state index contributed by atoms with van der Waals surface area (Å²) >= 11 is 0. The molecule has 9 nitrogen and oxygen atoms in total. The number of pyridine rings is 3. The van der Waals surface area contributed by atoms with Crippen molar-refractivity contribution in [2.24, 2.45) is 5.92 Å². The summed E-state index contributed by atoms with van der Waals surface area (Å²) in [4.78, 5) is 29.6. The number of nitrogens with zero attached hydrogens (tertiary/aromatic N) is 4. The first-order valence-electron chi connectivity index (χ1n) is 13.3. The molecule has 3 aromatic heterocycles. The van der Waals surface area contributed by atoms with Crippen LogP contribution >= 0.6 is 0 Å². The summed E-state index contributed by atoms with van der Waals surface area (Å²) < 4.78 is 28.9. The van der Waals surface area contributed by atoms with Crippen molar-refractivity contribution in [1.29, 1.82) is 0 Å². The van der Waals surface area contributed by atoms with Gasteiger partial charge in [0.05, 0.1) is 17.3 Å². The Kier molecular flexibility index (Phi) is 6.86. The lowest BCUT2D eigenvalue weighted by Crippen LogP contribution is -2.41. The topological polar surface area (TPSA) is 117 Å². The number of hydrogen-bond donors (Lipinski definition) is 2. The van der Waals surface area contributed by atoms with Crippen LogP contribution in [0.2, 0.25) is 0 Å². The third-order valence-electron chi connectivity index (χ3n) is 7.56. The Labute approximate surface area is 230 Å². The number of anilines is 2. The molecule has 0 aliphatic carbocycles. The highest BCUT2D eigenvalue weighted by atomic mass is 32.2. The zero-order valence-corrected chi connectivity index (χ0v) is 23.9. The predicted octanol–water partition coefficient (Wildman–Crippen LogP) is 4.84. The van der Waals surface area contributed by atoms with Crippen molar-refractivity contribution in [1.82, 2.24) is 19.7 Å². The number of aromatic nitrogens is 3. The van der Waals surface area contributed by atoms with Crippen LogP contribution in [0, 0.1) is 5.92 Å². The van der Waals surface area contributed by atoms with Crippen LogP contribution in [0.5, 0.6) is 0 Å². The average molecular weight is 549 g/mol. The van der Waals surface area contributed by atoms with Gasteiger partial charge >= 0.3 is 0 Å². The summed E-state index contributed by atoms with van der Waals surface area (Å²) in [6.45, 7) is 11.2. The molecule has 2 atom stereocenters.